The summed E-state index contributed by atoms with van der Waals surface area (Å²) in [5, 5.41) is 0. The second-order valence-electron chi connectivity index (χ2n) is 4.77. The zero-order valence-corrected chi connectivity index (χ0v) is 11.1. The van der Waals surface area contributed by atoms with Gasteiger partial charge in [0.25, 0.3) is 0 Å². The monoisotopic (exact) mass is 340 g/mol. The van der Waals surface area contributed by atoms with Crippen LogP contribution in [0.5, 0.6) is 0 Å². The van der Waals surface area contributed by atoms with Crippen molar-refractivity contribution in [3.8, 4) is 0 Å². The number of rotatable bonds is 2. The van der Waals surface area contributed by atoms with Gasteiger partial charge in [-0.3, -0.25) is 0 Å². The summed E-state index contributed by atoms with van der Waals surface area (Å²) in [6.45, 7) is 0. The van der Waals surface area contributed by atoms with E-state index in [1.54, 1.807) is 0 Å². The fraction of sp³-hybridized carbons (Fsp3) is 0.200. The van der Waals surface area contributed by atoms with Crippen LogP contribution in [-0.2, 0) is 5.41 Å². The summed E-state index contributed by atoms with van der Waals surface area (Å²) < 4.78 is 108. The van der Waals surface area contributed by atoms with Gasteiger partial charge in [0, 0.05) is 0 Å². The summed E-state index contributed by atoms with van der Waals surface area (Å²) in [5.74, 6) is -2.53. The standard InChI is InChI=1S/C15H8F8/c16-11-5-1-3-9(7-11)13(14(18,19)20,15(21,22)23)10-4-2-6-12(17)8-10/h1-8H. The molecule has 2 rings (SSSR count). The fourth-order valence-corrected chi connectivity index (χ4v) is 2.43. The van der Waals surface area contributed by atoms with Crippen LogP contribution in [0.4, 0.5) is 35.1 Å². The van der Waals surface area contributed by atoms with Gasteiger partial charge in [-0.05, 0) is 35.4 Å². The molecule has 0 spiro atoms. The Morgan fingerprint density at radius 2 is 0.913 bits per heavy atom. The molecule has 0 saturated heterocycles. The van der Waals surface area contributed by atoms with Crippen LogP contribution in [0.1, 0.15) is 11.1 Å². The van der Waals surface area contributed by atoms with Crippen LogP contribution in [-0.4, -0.2) is 12.4 Å². The van der Waals surface area contributed by atoms with Crippen LogP contribution in [0, 0.1) is 11.6 Å². The lowest BCUT2D eigenvalue weighted by Gasteiger charge is -2.38. The molecule has 0 amide bonds. The highest BCUT2D eigenvalue weighted by molar-refractivity contribution is 5.44. The summed E-state index contributed by atoms with van der Waals surface area (Å²) in [4.78, 5) is 0. The van der Waals surface area contributed by atoms with Crippen LogP contribution in [0.3, 0.4) is 0 Å². The number of halogens is 8. The maximum absolute atomic E-state index is 13.5. The summed E-state index contributed by atoms with van der Waals surface area (Å²) in [5.41, 5.74) is -7.28. The minimum Gasteiger partial charge on any atom is -0.207 e. The first-order valence-electron chi connectivity index (χ1n) is 6.15. The fourth-order valence-electron chi connectivity index (χ4n) is 2.43. The van der Waals surface area contributed by atoms with Gasteiger partial charge >= 0.3 is 12.4 Å². The Balaban J connectivity index is 2.93. The van der Waals surface area contributed by atoms with Crippen LogP contribution >= 0.6 is 0 Å². The van der Waals surface area contributed by atoms with Crippen LogP contribution in [0.15, 0.2) is 48.5 Å². The van der Waals surface area contributed by atoms with Crippen molar-refractivity contribution in [2.24, 2.45) is 0 Å². The maximum Gasteiger partial charge on any atom is 0.411 e. The van der Waals surface area contributed by atoms with Crippen molar-refractivity contribution < 1.29 is 35.1 Å². The first-order valence-corrected chi connectivity index (χ1v) is 6.15. The zero-order valence-electron chi connectivity index (χ0n) is 11.1. The van der Waals surface area contributed by atoms with Crippen molar-refractivity contribution in [2.75, 3.05) is 0 Å². The van der Waals surface area contributed by atoms with E-state index in [0.717, 1.165) is 12.1 Å². The molecule has 0 aromatic heterocycles. The molecule has 0 N–H and O–H groups in total. The predicted octanol–water partition coefficient (Wildman–Crippen LogP) is 5.38. The second kappa shape index (κ2) is 5.50. The van der Waals surface area contributed by atoms with E-state index in [-0.39, 0.29) is 12.1 Å². The van der Waals surface area contributed by atoms with Gasteiger partial charge in [-0.15, -0.1) is 0 Å². The number of alkyl halides is 6. The highest BCUT2D eigenvalue weighted by Gasteiger charge is 2.72. The molecule has 0 heterocycles. The Labute approximate surface area is 125 Å². The third kappa shape index (κ3) is 2.77. The number of hydrogen-bond acceptors (Lipinski definition) is 0. The Morgan fingerprint density at radius 3 is 1.17 bits per heavy atom. The highest BCUT2D eigenvalue weighted by Crippen LogP contribution is 2.56. The molecular weight excluding hydrogens is 332 g/mol. The summed E-state index contributed by atoms with van der Waals surface area (Å²) in [6, 6.07) is 4.20. The molecule has 0 atom stereocenters. The molecule has 0 aliphatic rings. The normalized spacial score (nSPS) is 13.2. The van der Waals surface area contributed by atoms with E-state index in [0.29, 0.717) is 24.3 Å². The van der Waals surface area contributed by atoms with Crippen molar-refractivity contribution >= 4 is 0 Å². The van der Waals surface area contributed by atoms with Gasteiger partial charge in [-0.2, -0.15) is 26.3 Å². The molecule has 0 aliphatic carbocycles. The highest BCUT2D eigenvalue weighted by atomic mass is 19.4. The van der Waals surface area contributed by atoms with E-state index in [1.165, 1.54) is 0 Å². The smallest absolute Gasteiger partial charge is 0.207 e. The van der Waals surface area contributed by atoms with Crippen LogP contribution in [0.25, 0.3) is 0 Å². The molecule has 0 bridgehead atoms. The van der Waals surface area contributed by atoms with Crippen LogP contribution < -0.4 is 0 Å². The largest absolute Gasteiger partial charge is 0.411 e. The van der Waals surface area contributed by atoms with Crippen molar-refractivity contribution in [1.29, 1.82) is 0 Å². The molecule has 2 aromatic carbocycles. The summed E-state index contributed by atoms with van der Waals surface area (Å²) >= 11 is 0. The van der Waals surface area contributed by atoms with E-state index in [1.807, 2.05) is 0 Å². The van der Waals surface area contributed by atoms with Crippen molar-refractivity contribution in [3.63, 3.8) is 0 Å². The third-order valence-electron chi connectivity index (χ3n) is 3.37. The molecule has 0 aliphatic heterocycles. The Hall–Kier alpha value is -2.12. The average Bonchev–Trinajstić information content (AvgIpc) is 2.36. The summed E-state index contributed by atoms with van der Waals surface area (Å²) in [7, 11) is 0. The van der Waals surface area contributed by atoms with Gasteiger partial charge in [-0.25, -0.2) is 8.78 Å². The predicted molar refractivity (Wildman–Crippen MR) is 65.7 cm³/mol. The second-order valence-corrected chi connectivity index (χ2v) is 4.77. The Bertz CT molecular complexity index is 638. The zero-order chi connectivity index (χ0) is 17.5. The molecule has 2 aromatic rings. The molecule has 0 nitrogen and oxygen atoms in total. The minimum absolute atomic E-state index is 0.145. The van der Waals surface area contributed by atoms with E-state index in [9.17, 15) is 35.1 Å². The van der Waals surface area contributed by atoms with Crippen LogP contribution in [0.2, 0.25) is 0 Å². The maximum atomic E-state index is 13.5. The molecule has 8 heteroatoms. The molecule has 0 saturated carbocycles. The molecule has 23 heavy (non-hydrogen) atoms. The van der Waals surface area contributed by atoms with E-state index >= 15 is 0 Å². The van der Waals surface area contributed by atoms with Gasteiger partial charge in [-0.1, -0.05) is 24.3 Å². The van der Waals surface area contributed by atoms with E-state index in [2.05, 4.69) is 0 Å². The van der Waals surface area contributed by atoms with Gasteiger partial charge in [0.1, 0.15) is 11.6 Å². The lowest BCUT2D eigenvalue weighted by molar-refractivity contribution is -0.288. The van der Waals surface area contributed by atoms with Gasteiger partial charge < -0.3 is 0 Å². The third-order valence-corrected chi connectivity index (χ3v) is 3.37. The lowest BCUT2D eigenvalue weighted by Crippen LogP contribution is -2.54. The van der Waals surface area contributed by atoms with Gasteiger partial charge in [0.2, 0.25) is 5.41 Å². The quantitative estimate of drug-likeness (QED) is 0.644. The Morgan fingerprint density at radius 1 is 0.565 bits per heavy atom. The molecule has 0 fully saturated rings. The van der Waals surface area contributed by atoms with E-state index in [4.69, 9.17) is 0 Å². The minimum atomic E-state index is -5.87. The van der Waals surface area contributed by atoms with Gasteiger partial charge in [0.15, 0.2) is 0 Å². The summed E-state index contributed by atoms with van der Waals surface area (Å²) in [6.07, 6.45) is -11.7. The lowest BCUT2D eigenvalue weighted by atomic mass is 9.73. The first-order chi connectivity index (χ1) is 10.5. The number of hydrogen-bond donors (Lipinski definition) is 0. The van der Waals surface area contributed by atoms with Crippen molar-refractivity contribution in [1.82, 2.24) is 0 Å². The van der Waals surface area contributed by atoms with Gasteiger partial charge in [0.05, 0.1) is 0 Å². The average molecular weight is 340 g/mol. The first kappa shape index (κ1) is 17.2. The van der Waals surface area contributed by atoms with E-state index < -0.39 is 40.5 Å². The number of benzene rings is 2. The van der Waals surface area contributed by atoms with Crippen molar-refractivity contribution in [2.45, 2.75) is 17.8 Å². The topological polar surface area (TPSA) is 0 Å². The molecular formula is C15H8F8. The van der Waals surface area contributed by atoms with Crippen molar-refractivity contribution in [3.05, 3.63) is 71.3 Å². The molecule has 0 radical (unpaired) electrons. The Kier molecular flexibility index (Phi) is 4.13. The molecule has 0 unspecified atom stereocenters. The SMILES string of the molecule is Fc1cccc(C(c2cccc(F)c2)(C(F)(F)F)C(F)(F)F)c1. The molecule has 124 valence electrons.